The third kappa shape index (κ3) is 21.3. The summed E-state index contributed by atoms with van der Waals surface area (Å²) in [5.74, 6) is 0. The van der Waals surface area contributed by atoms with E-state index >= 15 is 0 Å². The van der Waals surface area contributed by atoms with Gasteiger partial charge in [-0.3, -0.25) is 0 Å². The van der Waals surface area contributed by atoms with Gasteiger partial charge in [-0.25, -0.2) is 0 Å². The quantitative estimate of drug-likeness (QED) is 0.373. The third-order valence-electron chi connectivity index (χ3n) is 0. The van der Waals surface area contributed by atoms with Crippen molar-refractivity contribution < 1.29 is 8.42 Å². The monoisotopic (exact) mass is 126 g/mol. The van der Waals surface area contributed by atoms with Crippen LogP contribution in [0.1, 0.15) is 0 Å². The molecule has 0 spiro atoms. The van der Waals surface area contributed by atoms with Crippen molar-refractivity contribution in [3.8, 4) is 0 Å². The molecule has 0 fully saturated rings. The van der Waals surface area contributed by atoms with Crippen molar-refractivity contribution in [2.45, 2.75) is 0 Å². The Hall–Kier alpha value is 2.46. The van der Waals surface area contributed by atoms with Crippen molar-refractivity contribution in [3.63, 3.8) is 0 Å². The van der Waals surface area contributed by atoms with Gasteiger partial charge in [0.2, 0.25) is 0 Å². The average Bonchev–Trinajstić information content (AvgIpc) is 0.918. The van der Waals surface area contributed by atoms with Gasteiger partial charge in [0.1, 0.15) is 0 Å². The Kier molecular flexibility index (Phi) is 50.4. The molecule has 0 N–H and O–H groups in total. The molecule has 0 rings (SSSR count). The van der Waals surface area contributed by atoms with Crippen LogP contribution in [-0.4, -0.2) is 89.4 Å². The molecule has 0 amide bonds. The Bertz CT molecular complexity index is 30.6. The van der Waals surface area contributed by atoms with E-state index in [2.05, 4.69) is 0 Å². The number of hydrogen-bond acceptors (Lipinski definition) is 2. The van der Waals surface area contributed by atoms with E-state index in [0.717, 1.165) is 0 Å². The summed E-state index contributed by atoms with van der Waals surface area (Å²) in [6.45, 7) is 0. The predicted octanol–water partition coefficient (Wildman–Crippen LogP) is -1.43. The first-order chi connectivity index (χ1) is 1.41. The molecule has 0 aliphatic heterocycles. The summed E-state index contributed by atoms with van der Waals surface area (Å²) >= 11 is -0.750. The second kappa shape index (κ2) is 16.1. The molecule has 0 aliphatic carbocycles. The maximum atomic E-state index is 8.29. The van der Waals surface area contributed by atoms with E-state index < -0.39 is 11.6 Å². The molecular weight excluding hydrogens is 126 g/mol. The van der Waals surface area contributed by atoms with Crippen LogP contribution in [0.5, 0.6) is 0 Å². The first kappa shape index (κ1) is 15.7. The van der Waals surface area contributed by atoms with Gasteiger partial charge in [-0.2, -0.15) is 8.42 Å². The Morgan fingerprint density at radius 3 is 1.20 bits per heavy atom. The van der Waals surface area contributed by atoms with Crippen LogP contribution in [0.25, 0.3) is 0 Å². The average molecular weight is 126 g/mol. The van der Waals surface area contributed by atoms with Gasteiger partial charge in [0.05, 0.1) is 0 Å². The van der Waals surface area contributed by atoms with Crippen LogP contribution in [0.15, 0.2) is 0 Å². The van der Waals surface area contributed by atoms with Crippen LogP contribution in [0.2, 0.25) is 0 Å². The summed E-state index contributed by atoms with van der Waals surface area (Å²) in [4.78, 5) is 0. The Morgan fingerprint density at radius 1 is 1.20 bits per heavy atom. The Balaban J connectivity index is -0.0000000200. The Labute approximate surface area is 98.4 Å². The van der Waals surface area contributed by atoms with Gasteiger partial charge >= 0.3 is 11.6 Å². The summed E-state index contributed by atoms with van der Waals surface area (Å²) < 4.78 is 16.6. The van der Waals surface area contributed by atoms with Crippen molar-refractivity contribution in [2.24, 2.45) is 0 Å². The van der Waals surface area contributed by atoms with E-state index in [1.54, 1.807) is 0 Å². The molecule has 0 saturated carbocycles. The minimum absolute atomic E-state index is 0. The van der Waals surface area contributed by atoms with Gasteiger partial charge in [0, 0.05) is 80.9 Å². The zero-order chi connectivity index (χ0) is 2.71. The fourth-order valence-corrected chi connectivity index (χ4v) is 0. The first-order valence-corrected chi connectivity index (χ1v) is 1.00. The third-order valence-corrected chi connectivity index (χ3v) is 0. The fraction of sp³-hybridized carbons (Fsp3) is 0. The van der Waals surface area contributed by atoms with Crippen molar-refractivity contribution in [1.82, 2.24) is 0 Å². The molecule has 2 radical (unpaired) electrons. The van der Waals surface area contributed by atoms with Gasteiger partial charge in [-0.1, -0.05) is 0 Å². The van der Waals surface area contributed by atoms with E-state index in [0.29, 0.717) is 0 Å². The molecule has 20 valence electrons. The second-order valence-corrected chi connectivity index (χ2v) is 0.204. The smallest absolute Gasteiger partial charge is 0.168 e. The van der Waals surface area contributed by atoms with Crippen LogP contribution < -0.4 is 0 Å². The molecule has 0 aromatic heterocycles. The van der Waals surface area contributed by atoms with Crippen LogP contribution in [-0.2, 0) is 11.6 Å². The molecule has 2 nitrogen and oxygen atoms in total. The molecule has 5 heavy (non-hydrogen) atoms. The van der Waals surface area contributed by atoms with E-state index in [1.807, 2.05) is 0 Å². The minimum Gasteiger partial charge on any atom is -0.168 e. The van der Waals surface area contributed by atoms with Crippen LogP contribution in [0.3, 0.4) is 0 Å². The zero-order valence-electron chi connectivity index (χ0n) is 3.22. The van der Waals surface area contributed by atoms with Gasteiger partial charge in [-0.15, -0.1) is 0 Å². The maximum absolute atomic E-state index is 8.29. The molecule has 0 heterocycles. The number of hydrogen-bond donors (Lipinski definition) is 0. The van der Waals surface area contributed by atoms with Gasteiger partial charge in [0.15, 0.2) is 0 Å². The first-order valence-electron chi connectivity index (χ1n) is 0.333. The van der Waals surface area contributed by atoms with Crippen molar-refractivity contribution in [3.05, 3.63) is 0 Å². The van der Waals surface area contributed by atoms with Crippen molar-refractivity contribution in [2.75, 3.05) is 0 Å². The van der Waals surface area contributed by atoms with Crippen LogP contribution >= 0.6 is 0 Å². The number of rotatable bonds is 0. The molecule has 0 bridgehead atoms. The second-order valence-electron chi connectivity index (χ2n) is 0.0680. The van der Waals surface area contributed by atoms with Crippen molar-refractivity contribution >= 4 is 92.5 Å². The van der Waals surface area contributed by atoms with E-state index in [-0.39, 0.29) is 80.9 Å². The SMILES string of the molecule is O=S=O.[K].[Na]. The van der Waals surface area contributed by atoms with Crippen LogP contribution in [0, 0.1) is 0 Å². The summed E-state index contributed by atoms with van der Waals surface area (Å²) in [6, 6.07) is 0. The predicted molar refractivity (Wildman–Crippen MR) is 20.4 cm³/mol. The molecule has 0 saturated heterocycles. The largest absolute Gasteiger partial charge is 0.335 e. The topological polar surface area (TPSA) is 34.1 Å². The summed E-state index contributed by atoms with van der Waals surface area (Å²) in [6.07, 6.45) is 0. The molecule has 0 aromatic carbocycles. The summed E-state index contributed by atoms with van der Waals surface area (Å²) in [5.41, 5.74) is 0. The molecule has 0 atom stereocenters. The minimum atomic E-state index is -0.750. The van der Waals surface area contributed by atoms with E-state index in [1.165, 1.54) is 0 Å². The molecular formula is KNaO2S. The van der Waals surface area contributed by atoms with E-state index in [4.69, 9.17) is 8.42 Å². The van der Waals surface area contributed by atoms with Crippen molar-refractivity contribution in [1.29, 1.82) is 0 Å². The van der Waals surface area contributed by atoms with Gasteiger partial charge < -0.3 is 0 Å². The molecule has 0 aliphatic rings. The van der Waals surface area contributed by atoms with Crippen LogP contribution in [0.4, 0.5) is 0 Å². The fourth-order valence-electron chi connectivity index (χ4n) is 0. The molecule has 0 unspecified atom stereocenters. The van der Waals surface area contributed by atoms with Gasteiger partial charge in [-0.05, 0) is 0 Å². The zero-order valence-corrected chi connectivity index (χ0v) is 9.16. The summed E-state index contributed by atoms with van der Waals surface area (Å²) in [5, 5.41) is 0. The van der Waals surface area contributed by atoms with E-state index in [9.17, 15) is 0 Å². The molecule has 5 heteroatoms. The standard InChI is InChI=1S/K.Na.O2S/c;;1-3-2. The van der Waals surface area contributed by atoms with Gasteiger partial charge in [0.25, 0.3) is 0 Å². The maximum Gasteiger partial charge on any atom is 0.335 e. The Morgan fingerprint density at radius 2 is 1.20 bits per heavy atom. The summed E-state index contributed by atoms with van der Waals surface area (Å²) in [7, 11) is 0. The molecule has 0 aromatic rings. The normalized spacial score (nSPS) is 2.40.